The van der Waals surface area contributed by atoms with Crippen molar-refractivity contribution in [2.24, 2.45) is 0 Å². The molecule has 3 rings (SSSR count). The summed E-state index contributed by atoms with van der Waals surface area (Å²) in [5.41, 5.74) is 2.03. The summed E-state index contributed by atoms with van der Waals surface area (Å²) in [4.78, 5) is 2.12. The van der Waals surface area contributed by atoms with Gasteiger partial charge in [0.25, 0.3) is 0 Å². The average molecular weight is 250 g/mol. The van der Waals surface area contributed by atoms with Crippen LogP contribution in [0.4, 0.5) is 8.78 Å². The van der Waals surface area contributed by atoms with Crippen molar-refractivity contribution in [2.75, 3.05) is 13.6 Å². The van der Waals surface area contributed by atoms with Crippen molar-refractivity contribution in [1.82, 2.24) is 10.1 Å². The highest BCUT2D eigenvalue weighted by molar-refractivity contribution is 5.63. The molecule has 1 aromatic carbocycles. The van der Waals surface area contributed by atoms with E-state index in [0.29, 0.717) is 12.3 Å². The Kier molecular flexibility index (Phi) is 2.63. The van der Waals surface area contributed by atoms with E-state index in [0.717, 1.165) is 30.3 Å². The Morgan fingerprint density at radius 3 is 2.94 bits per heavy atom. The van der Waals surface area contributed by atoms with E-state index in [9.17, 15) is 8.78 Å². The first-order chi connectivity index (χ1) is 8.65. The Morgan fingerprint density at radius 1 is 1.33 bits per heavy atom. The fourth-order valence-corrected chi connectivity index (χ4v) is 2.23. The quantitative estimate of drug-likeness (QED) is 0.779. The van der Waals surface area contributed by atoms with Crippen LogP contribution in [0.25, 0.3) is 11.3 Å². The van der Waals surface area contributed by atoms with Crippen LogP contribution in [-0.2, 0) is 13.0 Å². The van der Waals surface area contributed by atoms with Gasteiger partial charge in [-0.15, -0.1) is 0 Å². The Hall–Kier alpha value is -1.75. The van der Waals surface area contributed by atoms with Crippen molar-refractivity contribution < 1.29 is 13.3 Å². The van der Waals surface area contributed by atoms with Gasteiger partial charge in [-0.2, -0.15) is 0 Å². The van der Waals surface area contributed by atoms with Crippen molar-refractivity contribution in [1.29, 1.82) is 0 Å². The number of benzene rings is 1. The summed E-state index contributed by atoms with van der Waals surface area (Å²) in [5.74, 6) is -0.807. The second-order valence-electron chi connectivity index (χ2n) is 4.55. The summed E-state index contributed by atoms with van der Waals surface area (Å²) in [6, 6.07) is 3.47. The van der Waals surface area contributed by atoms with Crippen molar-refractivity contribution >= 4 is 0 Å². The number of hydrogen-bond donors (Lipinski definition) is 0. The molecule has 18 heavy (non-hydrogen) atoms. The molecule has 0 aliphatic carbocycles. The molecule has 0 saturated heterocycles. The molecule has 0 spiro atoms. The van der Waals surface area contributed by atoms with Crippen LogP contribution >= 0.6 is 0 Å². The largest absolute Gasteiger partial charge is 0.356 e. The van der Waals surface area contributed by atoms with Crippen LogP contribution in [0.15, 0.2) is 22.7 Å². The van der Waals surface area contributed by atoms with Crippen LogP contribution in [-0.4, -0.2) is 23.6 Å². The predicted molar refractivity (Wildman–Crippen MR) is 61.9 cm³/mol. The lowest BCUT2D eigenvalue weighted by atomic mass is 10.0. The summed E-state index contributed by atoms with van der Waals surface area (Å²) < 4.78 is 31.9. The van der Waals surface area contributed by atoms with Gasteiger partial charge in [-0.1, -0.05) is 5.16 Å². The highest BCUT2D eigenvalue weighted by Crippen LogP contribution is 2.31. The number of aromatic nitrogens is 1. The Bertz CT molecular complexity index is 595. The normalized spacial score (nSPS) is 15.7. The molecule has 0 atom stereocenters. The average Bonchev–Trinajstić information content (AvgIpc) is 2.72. The van der Waals surface area contributed by atoms with Gasteiger partial charge in [0.15, 0.2) is 5.76 Å². The summed E-state index contributed by atoms with van der Waals surface area (Å²) in [5, 5.41) is 3.97. The number of likely N-dealkylation sites (N-methyl/N-ethyl adjacent to an activating group) is 1. The smallest absolute Gasteiger partial charge is 0.174 e. The second kappa shape index (κ2) is 4.17. The Balaban J connectivity index is 2.10. The lowest BCUT2D eigenvalue weighted by molar-refractivity contribution is 0.311. The van der Waals surface area contributed by atoms with E-state index in [2.05, 4.69) is 10.1 Å². The van der Waals surface area contributed by atoms with Crippen molar-refractivity contribution in [3.8, 4) is 11.3 Å². The maximum absolute atomic E-state index is 13.7. The second-order valence-corrected chi connectivity index (χ2v) is 4.55. The fraction of sp³-hybridized carbons (Fsp3) is 0.308. The number of rotatable bonds is 1. The molecular weight excluding hydrogens is 238 g/mol. The van der Waals surface area contributed by atoms with E-state index in [4.69, 9.17) is 4.52 Å². The molecule has 0 saturated carbocycles. The van der Waals surface area contributed by atoms with Gasteiger partial charge in [0, 0.05) is 31.1 Å². The molecule has 2 heterocycles. The summed E-state index contributed by atoms with van der Waals surface area (Å²) in [6.07, 6.45) is 0.790. The van der Waals surface area contributed by atoms with Crippen molar-refractivity contribution in [3.63, 3.8) is 0 Å². The van der Waals surface area contributed by atoms with Gasteiger partial charge in [0.05, 0.1) is 11.3 Å². The van der Waals surface area contributed by atoms with Gasteiger partial charge in [0.1, 0.15) is 11.6 Å². The third-order valence-corrected chi connectivity index (χ3v) is 3.20. The molecule has 94 valence electrons. The van der Waals surface area contributed by atoms with E-state index >= 15 is 0 Å². The van der Waals surface area contributed by atoms with E-state index in [-0.39, 0.29) is 5.56 Å². The van der Waals surface area contributed by atoms with Gasteiger partial charge in [-0.25, -0.2) is 8.78 Å². The summed E-state index contributed by atoms with van der Waals surface area (Å²) in [7, 11) is 1.99. The Morgan fingerprint density at radius 2 is 2.17 bits per heavy atom. The lowest BCUT2D eigenvalue weighted by Crippen LogP contribution is -2.26. The lowest BCUT2D eigenvalue weighted by Gasteiger charge is -2.21. The van der Waals surface area contributed by atoms with Crippen LogP contribution in [0.5, 0.6) is 0 Å². The van der Waals surface area contributed by atoms with Crippen LogP contribution < -0.4 is 0 Å². The minimum Gasteiger partial charge on any atom is -0.356 e. The third kappa shape index (κ3) is 1.80. The van der Waals surface area contributed by atoms with Crippen LogP contribution in [0, 0.1) is 11.6 Å². The highest BCUT2D eigenvalue weighted by Gasteiger charge is 2.24. The molecule has 1 aliphatic rings. The molecule has 0 fully saturated rings. The first kappa shape index (κ1) is 11.3. The number of hydrogen-bond acceptors (Lipinski definition) is 3. The van der Waals surface area contributed by atoms with Crippen molar-refractivity contribution in [3.05, 3.63) is 41.1 Å². The van der Waals surface area contributed by atoms with Gasteiger partial charge in [0.2, 0.25) is 0 Å². The van der Waals surface area contributed by atoms with Crippen LogP contribution in [0.3, 0.4) is 0 Å². The van der Waals surface area contributed by atoms with Gasteiger partial charge >= 0.3 is 0 Å². The Labute approximate surface area is 103 Å². The topological polar surface area (TPSA) is 29.3 Å². The van der Waals surface area contributed by atoms with Crippen LogP contribution in [0.2, 0.25) is 0 Å². The molecule has 0 radical (unpaired) electrons. The molecule has 1 aliphatic heterocycles. The minimum absolute atomic E-state index is 0.264. The predicted octanol–water partition coefficient (Wildman–Crippen LogP) is 2.61. The standard InChI is InChI=1S/C13H12F2N2O/c1-17-5-4-12-10(7-17)13(18-16-12)9-3-2-8(14)6-11(9)15/h2-3,6H,4-5,7H2,1H3. The van der Waals surface area contributed by atoms with Gasteiger partial charge in [-0.3, -0.25) is 0 Å². The molecule has 2 aromatic rings. The summed E-state index contributed by atoms with van der Waals surface area (Å²) >= 11 is 0. The molecule has 1 aromatic heterocycles. The molecule has 3 nitrogen and oxygen atoms in total. The minimum atomic E-state index is -0.623. The van der Waals surface area contributed by atoms with E-state index in [1.54, 1.807) is 0 Å². The zero-order chi connectivity index (χ0) is 12.7. The van der Waals surface area contributed by atoms with Crippen LogP contribution in [0.1, 0.15) is 11.3 Å². The van der Waals surface area contributed by atoms with Crippen molar-refractivity contribution in [2.45, 2.75) is 13.0 Å². The number of fused-ring (bicyclic) bond motifs is 1. The molecule has 0 amide bonds. The van der Waals surface area contributed by atoms with E-state index < -0.39 is 11.6 Å². The SMILES string of the molecule is CN1CCc2noc(-c3ccc(F)cc3F)c2C1. The molecule has 5 heteroatoms. The first-order valence-corrected chi connectivity index (χ1v) is 5.76. The number of nitrogens with zero attached hydrogens (tertiary/aromatic N) is 2. The zero-order valence-corrected chi connectivity index (χ0v) is 9.91. The van der Waals surface area contributed by atoms with E-state index in [1.807, 2.05) is 7.05 Å². The van der Waals surface area contributed by atoms with Gasteiger partial charge < -0.3 is 9.42 Å². The van der Waals surface area contributed by atoms with E-state index in [1.165, 1.54) is 12.1 Å². The molecule has 0 N–H and O–H groups in total. The maximum Gasteiger partial charge on any atom is 0.174 e. The molecule has 0 unspecified atom stereocenters. The highest BCUT2D eigenvalue weighted by atomic mass is 19.1. The maximum atomic E-state index is 13.7. The van der Waals surface area contributed by atoms with Gasteiger partial charge in [-0.05, 0) is 19.2 Å². The fourth-order valence-electron chi connectivity index (χ4n) is 2.23. The monoisotopic (exact) mass is 250 g/mol. The molecular formula is C13H12F2N2O. The number of halogens is 2. The zero-order valence-electron chi connectivity index (χ0n) is 9.91. The summed E-state index contributed by atoms with van der Waals surface area (Å²) in [6.45, 7) is 1.58. The first-order valence-electron chi connectivity index (χ1n) is 5.76. The molecule has 0 bridgehead atoms. The third-order valence-electron chi connectivity index (χ3n) is 3.20.